The summed E-state index contributed by atoms with van der Waals surface area (Å²) >= 11 is 0. The highest BCUT2D eigenvalue weighted by atomic mass is 16.5. The molecule has 0 saturated carbocycles. The first-order valence-electron chi connectivity index (χ1n) is 7.80. The van der Waals surface area contributed by atoms with Gasteiger partial charge in [0.15, 0.2) is 5.78 Å². The molecule has 0 unspecified atom stereocenters. The highest BCUT2D eigenvalue weighted by molar-refractivity contribution is 6.26. The molecule has 0 atom stereocenters. The molecule has 3 rings (SSSR count). The maximum Gasteiger partial charge on any atom is 0.163 e. The average Bonchev–Trinajstić information content (AvgIpc) is 2.63. The number of methoxy groups -OCH3 is 3. The molecule has 0 bridgehead atoms. The number of benzene rings is 2. The molecular formula is C20H20O4. The van der Waals surface area contributed by atoms with Crippen LogP contribution in [0.25, 0.3) is 11.6 Å². The van der Waals surface area contributed by atoms with E-state index >= 15 is 0 Å². The number of carbonyl (C=O) groups is 1. The van der Waals surface area contributed by atoms with Gasteiger partial charge in [0, 0.05) is 18.1 Å². The van der Waals surface area contributed by atoms with E-state index in [1.165, 1.54) is 0 Å². The quantitative estimate of drug-likeness (QED) is 0.803. The molecule has 0 amide bonds. The van der Waals surface area contributed by atoms with Crippen LogP contribution < -0.4 is 14.2 Å². The molecule has 124 valence electrons. The summed E-state index contributed by atoms with van der Waals surface area (Å²) < 4.78 is 15.9. The van der Waals surface area contributed by atoms with E-state index in [1.807, 2.05) is 42.5 Å². The SMILES string of the molecule is COc1cc(/C=C2/C(=O)CCc3ccc(OC)cc32)cc(OC)c1. The average molecular weight is 324 g/mol. The van der Waals surface area contributed by atoms with Crippen molar-refractivity contribution in [1.29, 1.82) is 0 Å². The lowest BCUT2D eigenvalue weighted by Crippen LogP contribution is -2.12. The third kappa shape index (κ3) is 3.13. The van der Waals surface area contributed by atoms with Crippen molar-refractivity contribution >= 4 is 17.4 Å². The van der Waals surface area contributed by atoms with Crippen LogP contribution in [0.5, 0.6) is 17.2 Å². The lowest BCUT2D eigenvalue weighted by molar-refractivity contribution is -0.113. The standard InChI is InChI=1S/C20H20O4/c1-22-15-6-4-14-5-7-20(21)19(18(14)12-15)10-13-8-16(23-2)11-17(9-13)24-3/h4,6,8-12H,5,7H2,1-3H3/b19-10+. The van der Waals surface area contributed by atoms with Crippen molar-refractivity contribution in [2.45, 2.75) is 12.8 Å². The van der Waals surface area contributed by atoms with Gasteiger partial charge in [-0.3, -0.25) is 4.79 Å². The first kappa shape index (κ1) is 16.1. The summed E-state index contributed by atoms with van der Waals surface area (Å²) in [5.74, 6) is 2.26. The first-order valence-corrected chi connectivity index (χ1v) is 7.80. The summed E-state index contributed by atoms with van der Waals surface area (Å²) in [6.07, 6.45) is 3.17. The second kappa shape index (κ2) is 6.79. The number of hydrogen-bond acceptors (Lipinski definition) is 4. The van der Waals surface area contributed by atoms with E-state index in [2.05, 4.69) is 0 Å². The lowest BCUT2D eigenvalue weighted by atomic mass is 9.85. The van der Waals surface area contributed by atoms with Gasteiger partial charge in [0.25, 0.3) is 0 Å². The van der Waals surface area contributed by atoms with Crippen molar-refractivity contribution < 1.29 is 19.0 Å². The number of hydrogen-bond donors (Lipinski definition) is 0. The Morgan fingerprint density at radius 1 is 0.833 bits per heavy atom. The van der Waals surface area contributed by atoms with Crippen molar-refractivity contribution in [3.05, 3.63) is 53.1 Å². The van der Waals surface area contributed by atoms with Crippen molar-refractivity contribution in [2.24, 2.45) is 0 Å². The second-order valence-electron chi connectivity index (χ2n) is 5.65. The van der Waals surface area contributed by atoms with Crippen LogP contribution in [0.2, 0.25) is 0 Å². The van der Waals surface area contributed by atoms with Crippen molar-refractivity contribution in [3.8, 4) is 17.2 Å². The molecule has 0 fully saturated rings. The molecule has 2 aromatic rings. The van der Waals surface area contributed by atoms with Gasteiger partial charge in [0.2, 0.25) is 0 Å². The van der Waals surface area contributed by atoms with Gasteiger partial charge in [0.1, 0.15) is 17.2 Å². The Labute approximate surface area is 141 Å². The van der Waals surface area contributed by atoms with Gasteiger partial charge in [-0.1, -0.05) is 6.07 Å². The largest absolute Gasteiger partial charge is 0.497 e. The number of rotatable bonds is 4. The fourth-order valence-corrected chi connectivity index (χ4v) is 2.92. The van der Waals surface area contributed by atoms with E-state index < -0.39 is 0 Å². The van der Waals surface area contributed by atoms with E-state index in [1.54, 1.807) is 21.3 Å². The molecule has 0 aliphatic heterocycles. The highest BCUT2D eigenvalue weighted by Crippen LogP contribution is 2.34. The van der Waals surface area contributed by atoms with E-state index in [4.69, 9.17) is 14.2 Å². The minimum atomic E-state index is 0.137. The number of ketones is 1. The molecule has 0 saturated heterocycles. The summed E-state index contributed by atoms with van der Waals surface area (Å²) in [7, 11) is 4.85. The Kier molecular flexibility index (Phi) is 4.56. The van der Waals surface area contributed by atoms with Gasteiger partial charge in [-0.25, -0.2) is 0 Å². The zero-order valence-corrected chi connectivity index (χ0v) is 14.1. The van der Waals surface area contributed by atoms with Gasteiger partial charge in [-0.05, 0) is 53.5 Å². The van der Waals surface area contributed by atoms with Crippen LogP contribution >= 0.6 is 0 Å². The smallest absolute Gasteiger partial charge is 0.163 e. The van der Waals surface area contributed by atoms with Gasteiger partial charge in [0.05, 0.1) is 21.3 Å². The fourth-order valence-electron chi connectivity index (χ4n) is 2.92. The number of ether oxygens (including phenoxy) is 3. The molecule has 4 heteroatoms. The topological polar surface area (TPSA) is 44.8 Å². The Morgan fingerprint density at radius 2 is 1.50 bits per heavy atom. The molecule has 2 aromatic carbocycles. The van der Waals surface area contributed by atoms with Crippen LogP contribution in [-0.4, -0.2) is 27.1 Å². The minimum absolute atomic E-state index is 0.137. The molecule has 1 aliphatic rings. The van der Waals surface area contributed by atoms with Gasteiger partial charge in [-0.2, -0.15) is 0 Å². The summed E-state index contributed by atoms with van der Waals surface area (Å²) in [5.41, 5.74) is 3.67. The maximum atomic E-state index is 12.5. The van der Waals surface area contributed by atoms with Crippen molar-refractivity contribution in [1.82, 2.24) is 0 Å². The molecule has 0 N–H and O–H groups in total. The summed E-state index contributed by atoms with van der Waals surface area (Å²) in [6.45, 7) is 0. The minimum Gasteiger partial charge on any atom is -0.497 e. The van der Waals surface area contributed by atoms with Crippen molar-refractivity contribution in [3.63, 3.8) is 0 Å². The predicted octanol–water partition coefficient (Wildman–Crippen LogP) is 3.77. The van der Waals surface area contributed by atoms with Gasteiger partial charge >= 0.3 is 0 Å². The van der Waals surface area contributed by atoms with Gasteiger partial charge < -0.3 is 14.2 Å². The summed E-state index contributed by atoms with van der Waals surface area (Å²) in [6, 6.07) is 11.5. The first-order chi connectivity index (χ1) is 11.6. The van der Waals surface area contributed by atoms with E-state index in [0.29, 0.717) is 23.5 Å². The number of fused-ring (bicyclic) bond motifs is 1. The zero-order chi connectivity index (χ0) is 17.1. The third-order valence-corrected chi connectivity index (χ3v) is 4.21. The number of allylic oxidation sites excluding steroid dienone is 1. The van der Waals surface area contributed by atoms with Crippen LogP contribution in [0.4, 0.5) is 0 Å². The molecular weight excluding hydrogens is 304 g/mol. The van der Waals surface area contributed by atoms with Crippen LogP contribution in [0, 0.1) is 0 Å². The van der Waals surface area contributed by atoms with E-state index in [9.17, 15) is 4.79 Å². The highest BCUT2D eigenvalue weighted by Gasteiger charge is 2.22. The van der Waals surface area contributed by atoms with Crippen LogP contribution in [0.1, 0.15) is 23.1 Å². The second-order valence-corrected chi connectivity index (χ2v) is 5.65. The van der Waals surface area contributed by atoms with Crippen LogP contribution in [0.15, 0.2) is 36.4 Å². The monoisotopic (exact) mass is 324 g/mol. The van der Waals surface area contributed by atoms with Crippen LogP contribution in [-0.2, 0) is 11.2 Å². The molecule has 0 heterocycles. The number of aryl methyl sites for hydroxylation is 1. The molecule has 1 aliphatic carbocycles. The fraction of sp³-hybridized carbons (Fsp3) is 0.250. The lowest BCUT2D eigenvalue weighted by Gasteiger charge is -2.19. The Morgan fingerprint density at radius 3 is 2.12 bits per heavy atom. The predicted molar refractivity (Wildman–Crippen MR) is 93.7 cm³/mol. The van der Waals surface area contributed by atoms with E-state index in [-0.39, 0.29) is 5.78 Å². The number of carbonyl (C=O) groups excluding carboxylic acids is 1. The molecule has 0 spiro atoms. The zero-order valence-electron chi connectivity index (χ0n) is 14.1. The normalized spacial score (nSPS) is 15.1. The van der Waals surface area contributed by atoms with Gasteiger partial charge in [-0.15, -0.1) is 0 Å². The Hall–Kier alpha value is -2.75. The van der Waals surface area contributed by atoms with Crippen molar-refractivity contribution in [2.75, 3.05) is 21.3 Å². The maximum absolute atomic E-state index is 12.5. The molecule has 0 aromatic heterocycles. The Bertz CT molecular complexity index is 783. The Balaban J connectivity index is 2.12. The summed E-state index contributed by atoms with van der Waals surface area (Å²) in [5, 5.41) is 0. The molecule has 0 radical (unpaired) electrons. The van der Waals surface area contributed by atoms with Crippen LogP contribution in [0.3, 0.4) is 0 Å². The molecule has 4 nitrogen and oxygen atoms in total. The molecule has 24 heavy (non-hydrogen) atoms. The van der Waals surface area contributed by atoms with E-state index in [0.717, 1.165) is 28.9 Å². The summed E-state index contributed by atoms with van der Waals surface area (Å²) in [4.78, 5) is 12.5. The third-order valence-electron chi connectivity index (χ3n) is 4.21. The number of Topliss-reactive ketones (excluding diaryl/α,β-unsaturated/α-hetero) is 1.